The van der Waals surface area contributed by atoms with Gasteiger partial charge in [-0.15, -0.1) is 0 Å². The molecule has 1 aliphatic heterocycles. The van der Waals surface area contributed by atoms with Gasteiger partial charge in [-0.05, 0) is 36.6 Å². The molecule has 0 spiro atoms. The first-order chi connectivity index (χ1) is 15.2. The van der Waals surface area contributed by atoms with Crippen molar-refractivity contribution in [2.24, 2.45) is 0 Å². The summed E-state index contributed by atoms with van der Waals surface area (Å²) in [6, 6.07) is 15.9. The van der Waals surface area contributed by atoms with Gasteiger partial charge >= 0.3 is 0 Å². The Morgan fingerprint density at radius 3 is 2.35 bits per heavy atom. The van der Waals surface area contributed by atoms with Crippen molar-refractivity contribution in [1.82, 2.24) is 14.8 Å². The van der Waals surface area contributed by atoms with Crippen molar-refractivity contribution in [3.63, 3.8) is 0 Å². The summed E-state index contributed by atoms with van der Waals surface area (Å²) in [5.74, 6) is 1.10. The molecule has 1 N–H and O–H groups in total. The number of aromatic amines is 1. The van der Waals surface area contributed by atoms with Gasteiger partial charge in [-0.25, -0.2) is 0 Å². The number of carbonyl (C=O) groups is 2. The lowest BCUT2D eigenvalue weighted by atomic mass is 10.1. The van der Waals surface area contributed by atoms with Gasteiger partial charge in [0.2, 0.25) is 11.8 Å². The lowest BCUT2D eigenvalue weighted by molar-refractivity contribution is -0.139. The highest BCUT2D eigenvalue weighted by atomic mass is 16.5. The topological polar surface area (TPSA) is 65.6 Å². The Bertz CT molecular complexity index is 1050. The molecule has 2 heterocycles. The van der Waals surface area contributed by atoms with Crippen LogP contribution in [0.25, 0.3) is 10.9 Å². The first kappa shape index (κ1) is 21.0. The minimum Gasteiger partial charge on any atom is -0.494 e. The van der Waals surface area contributed by atoms with E-state index in [-0.39, 0.29) is 11.8 Å². The van der Waals surface area contributed by atoms with Crippen LogP contribution in [0.2, 0.25) is 0 Å². The Labute approximate surface area is 182 Å². The average Bonchev–Trinajstić information content (AvgIpc) is 3.21. The van der Waals surface area contributed by atoms with E-state index in [1.54, 1.807) is 0 Å². The number of hydrogen-bond donors (Lipinski definition) is 1. The van der Waals surface area contributed by atoms with E-state index < -0.39 is 0 Å². The highest BCUT2D eigenvalue weighted by Gasteiger charge is 2.24. The SMILES string of the molecule is CCOc1ccccc1CCC(=O)N1CCN(C(=O)Cc2c[nH]c3ccccc23)CC1. The Kier molecular flexibility index (Phi) is 6.55. The second-order valence-electron chi connectivity index (χ2n) is 7.84. The standard InChI is InChI=1S/C25H29N3O3/c1-2-31-23-10-6-3-7-19(23)11-12-24(29)27-13-15-28(16-14-27)25(30)17-20-18-26-22-9-5-4-8-21(20)22/h3-10,18,26H,2,11-17H2,1H3. The lowest BCUT2D eigenvalue weighted by Gasteiger charge is -2.35. The molecule has 0 aliphatic carbocycles. The predicted molar refractivity (Wildman–Crippen MR) is 121 cm³/mol. The molecule has 1 saturated heterocycles. The molecule has 0 saturated carbocycles. The summed E-state index contributed by atoms with van der Waals surface area (Å²) < 4.78 is 5.65. The molecule has 3 aromatic rings. The van der Waals surface area contributed by atoms with Gasteiger partial charge in [-0.2, -0.15) is 0 Å². The van der Waals surface area contributed by atoms with Crippen molar-refractivity contribution in [2.45, 2.75) is 26.2 Å². The number of ether oxygens (including phenoxy) is 1. The highest BCUT2D eigenvalue weighted by molar-refractivity contribution is 5.89. The number of benzene rings is 2. The number of hydrogen-bond acceptors (Lipinski definition) is 3. The van der Waals surface area contributed by atoms with Gasteiger partial charge < -0.3 is 19.5 Å². The summed E-state index contributed by atoms with van der Waals surface area (Å²) in [4.78, 5) is 32.5. The van der Waals surface area contributed by atoms with E-state index in [0.29, 0.717) is 52.0 Å². The molecule has 0 bridgehead atoms. The van der Waals surface area contributed by atoms with E-state index in [4.69, 9.17) is 4.74 Å². The number of amides is 2. The van der Waals surface area contributed by atoms with Gasteiger partial charge in [-0.3, -0.25) is 9.59 Å². The van der Waals surface area contributed by atoms with Gasteiger partial charge in [0, 0.05) is 49.7 Å². The number of rotatable bonds is 7. The van der Waals surface area contributed by atoms with Crippen molar-refractivity contribution >= 4 is 22.7 Å². The summed E-state index contributed by atoms with van der Waals surface area (Å²) in [7, 11) is 0. The quantitative estimate of drug-likeness (QED) is 0.638. The number of para-hydroxylation sites is 2. The maximum Gasteiger partial charge on any atom is 0.227 e. The van der Waals surface area contributed by atoms with Crippen LogP contribution >= 0.6 is 0 Å². The number of nitrogens with one attached hydrogen (secondary N) is 1. The van der Waals surface area contributed by atoms with Crippen LogP contribution in [0.15, 0.2) is 54.7 Å². The number of nitrogens with zero attached hydrogens (tertiary/aromatic N) is 2. The molecule has 0 atom stereocenters. The largest absolute Gasteiger partial charge is 0.494 e. The molecule has 31 heavy (non-hydrogen) atoms. The van der Waals surface area contributed by atoms with Crippen LogP contribution in [-0.4, -0.2) is 59.4 Å². The summed E-state index contributed by atoms with van der Waals surface area (Å²) in [6.07, 6.45) is 3.41. The number of aryl methyl sites for hydroxylation is 1. The van der Waals surface area contributed by atoms with Crippen molar-refractivity contribution in [3.8, 4) is 5.75 Å². The minimum absolute atomic E-state index is 0.113. The highest BCUT2D eigenvalue weighted by Crippen LogP contribution is 2.21. The maximum absolute atomic E-state index is 12.8. The van der Waals surface area contributed by atoms with Crippen LogP contribution in [-0.2, 0) is 22.4 Å². The van der Waals surface area contributed by atoms with Crippen LogP contribution in [0.3, 0.4) is 0 Å². The molecule has 1 fully saturated rings. The fourth-order valence-electron chi connectivity index (χ4n) is 4.16. The number of H-pyrrole nitrogens is 1. The summed E-state index contributed by atoms with van der Waals surface area (Å²) in [5, 5.41) is 1.09. The van der Waals surface area contributed by atoms with E-state index in [1.165, 1.54) is 0 Å². The third kappa shape index (κ3) is 4.90. The number of piperazine rings is 1. The second-order valence-corrected chi connectivity index (χ2v) is 7.84. The lowest BCUT2D eigenvalue weighted by Crippen LogP contribution is -2.51. The average molecular weight is 420 g/mol. The third-order valence-electron chi connectivity index (χ3n) is 5.88. The van der Waals surface area contributed by atoms with Crippen LogP contribution in [0.5, 0.6) is 5.75 Å². The third-order valence-corrected chi connectivity index (χ3v) is 5.88. The molecule has 6 heteroatoms. The summed E-state index contributed by atoms with van der Waals surface area (Å²) in [5.41, 5.74) is 3.13. The predicted octanol–water partition coefficient (Wildman–Crippen LogP) is 3.41. The fraction of sp³-hybridized carbons (Fsp3) is 0.360. The molecule has 0 unspecified atom stereocenters. The van der Waals surface area contributed by atoms with Crippen molar-refractivity contribution in [1.29, 1.82) is 0 Å². The monoisotopic (exact) mass is 419 g/mol. The molecule has 2 amide bonds. The molecule has 1 aliphatic rings. The van der Waals surface area contributed by atoms with Crippen LogP contribution < -0.4 is 4.74 Å². The Morgan fingerprint density at radius 2 is 1.58 bits per heavy atom. The number of fused-ring (bicyclic) bond motifs is 1. The number of aromatic nitrogens is 1. The van der Waals surface area contributed by atoms with Crippen molar-refractivity contribution in [3.05, 3.63) is 65.9 Å². The van der Waals surface area contributed by atoms with E-state index in [0.717, 1.165) is 27.8 Å². The Balaban J connectivity index is 1.27. The molecule has 4 rings (SSSR count). The van der Waals surface area contributed by atoms with Crippen molar-refractivity contribution < 1.29 is 14.3 Å². The summed E-state index contributed by atoms with van der Waals surface area (Å²) >= 11 is 0. The van der Waals surface area contributed by atoms with Crippen LogP contribution in [0.4, 0.5) is 0 Å². The molecular weight excluding hydrogens is 390 g/mol. The zero-order valence-corrected chi connectivity index (χ0v) is 18.0. The van der Waals surface area contributed by atoms with Gasteiger partial charge in [-0.1, -0.05) is 36.4 Å². The van der Waals surface area contributed by atoms with Gasteiger partial charge in [0.05, 0.1) is 13.0 Å². The first-order valence-corrected chi connectivity index (χ1v) is 11.0. The maximum atomic E-state index is 12.8. The minimum atomic E-state index is 0.113. The molecular formula is C25H29N3O3. The number of carbonyl (C=O) groups excluding carboxylic acids is 2. The Hall–Kier alpha value is -3.28. The van der Waals surface area contributed by atoms with Crippen LogP contribution in [0, 0.1) is 0 Å². The molecule has 1 aromatic heterocycles. The van der Waals surface area contributed by atoms with Crippen molar-refractivity contribution in [2.75, 3.05) is 32.8 Å². The molecule has 162 valence electrons. The molecule has 0 radical (unpaired) electrons. The first-order valence-electron chi connectivity index (χ1n) is 11.0. The molecule has 6 nitrogen and oxygen atoms in total. The second kappa shape index (κ2) is 9.69. The van der Waals surface area contributed by atoms with E-state index in [2.05, 4.69) is 4.98 Å². The molecule has 2 aromatic carbocycles. The van der Waals surface area contributed by atoms with E-state index >= 15 is 0 Å². The van der Waals surface area contributed by atoms with E-state index in [9.17, 15) is 9.59 Å². The zero-order chi connectivity index (χ0) is 21.6. The van der Waals surface area contributed by atoms with Gasteiger partial charge in [0.15, 0.2) is 0 Å². The Morgan fingerprint density at radius 1 is 0.903 bits per heavy atom. The van der Waals surface area contributed by atoms with E-state index in [1.807, 2.05) is 71.5 Å². The van der Waals surface area contributed by atoms with Gasteiger partial charge in [0.25, 0.3) is 0 Å². The van der Waals surface area contributed by atoms with Crippen LogP contribution in [0.1, 0.15) is 24.5 Å². The normalized spacial score (nSPS) is 14.1. The summed E-state index contributed by atoms with van der Waals surface area (Å²) in [6.45, 7) is 4.92. The fourth-order valence-corrected chi connectivity index (χ4v) is 4.16. The zero-order valence-electron chi connectivity index (χ0n) is 18.0. The smallest absolute Gasteiger partial charge is 0.227 e. The van der Waals surface area contributed by atoms with Gasteiger partial charge in [0.1, 0.15) is 5.75 Å².